The second-order valence-electron chi connectivity index (χ2n) is 8.55. The van der Waals surface area contributed by atoms with Crippen LogP contribution in [0.3, 0.4) is 0 Å². The molecule has 8 heteroatoms. The van der Waals surface area contributed by atoms with Gasteiger partial charge in [0.05, 0.1) is 19.3 Å². The molecule has 1 saturated heterocycles. The van der Waals surface area contributed by atoms with Crippen molar-refractivity contribution in [2.75, 3.05) is 33.4 Å². The van der Waals surface area contributed by atoms with Gasteiger partial charge in [0.1, 0.15) is 11.3 Å². The Morgan fingerprint density at radius 3 is 2.47 bits per heavy atom. The number of hydrogen-bond acceptors (Lipinski definition) is 5. The lowest BCUT2D eigenvalue weighted by atomic mass is 9.54. The summed E-state index contributed by atoms with van der Waals surface area (Å²) in [6, 6.07) is 8.14. The van der Waals surface area contributed by atoms with Crippen LogP contribution in [0.25, 0.3) is 0 Å². The number of amides is 1. The molecule has 0 bridgehead atoms. The van der Waals surface area contributed by atoms with Crippen molar-refractivity contribution >= 4 is 30.7 Å². The number of likely N-dealkylation sites (tertiary alicyclic amines) is 1. The molecule has 1 aromatic carbocycles. The zero-order chi connectivity index (χ0) is 20.4. The minimum atomic E-state index is -0.900. The second-order valence-corrected chi connectivity index (χ2v) is 8.55. The summed E-state index contributed by atoms with van der Waals surface area (Å²) >= 11 is 0. The molecule has 2 aliphatic rings. The largest absolute Gasteiger partial charge is 0.496 e. The van der Waals surface area contributed by atoms with Gasteiger partial charge in [-0.05, 0) is 38.9 Å². The van der Waals surface area contributed by atoms with Crippen molar-refractivity contribution in [3.8, 4) is 5.75 Å². The summed E-state index contributed by atoms with van der Waals surface area (Å²) in [6.07, 6.45) is 2.95. The van der Waals surface area contributed by atoms with Gasteiger partial charge < -0.3 is 20.5 Å². The highest BCUT2D eigenvalue weighted by Gasteiger charge is 2.62. The van der Waals surface area contributed by atoms with Gasteiger partial charge in [0, 0.05) is 30.6 Å². The SMILES string of the molecule is CCOC1CC(N)(C(=O)NCC(c2ccccc2OC)N2CCCC2)C1(C)C.Cl.Cl. The Labute approximate surface area is 193 Å². The summed E-state index contributed by atoms with van der Waals surface area (Å²) in [6.45, 7) is 9.24. The summed E-state index contributed by atoms with van der Waals surface area (Å²) in [5.41, 5.74) is 6.37. The Bertz CT molecular complexity index is 698. The Morgan fingerprint density at radius 2 is 1.90 bits per heavy atom. The van der Waals surface area contributed by atoms with E-state index in [-0.39, 0.29) is 48.3 Å². The van der Waals surface area contributed by atoms with Crippen LogP contribution < -0.4 is 15.8 Å². The van der Waals surface area contributed by atoms with E-state index >= 15 is 0 Å². The fourth-order valence-corrected chi connectivity index (χ4v) is 4.60. The Morgan fingerprint density at radius 1 is 1.27 bits per heavy atom. The molecule has 0 aromatic heterocycles. The van der Waals surface area contributed by atoms with E-state index in [1.54, 1.807) is 7.11 Å². The van der Waals surface area contributed by atoms with Gasteiger partial charge in [0.2, 0.25) is 5.91 Å². The van der Waals surface area contributed by atoms with Crippen LogP contribution in [-0.2, 0) is 9.53 Å². The summed E-state index contributed by atoms with van der Waals surface area (Å²) < 4.78 is 11.3. The minimum absolute atomic E-state index is 0. The van der Waals surface area contributed by atoms with E-state index in [4.69, 9.17) is 15.2 Å². The highest BCUT2D eigenvalue weighted by Crippen LogP contribution is 2.49. The number of halogens is 2. The molecule has 1 aliphatic heterocycles. The lowest BCUT2D eigenvalue weighted by Gasteiger charge is -2.57. The lowest BCUT2D eigenvalue weighted by molar-refractivity contribution is -0.170. The van der Waals surface area contributed by atoms with Crippen LogP contribution in [0.5, 0.6) is 5.75 Å². The molecule has 1 aromatic rings. The normalized spacial score (nSPS) is 26.0. The fraction of sp³-hybridized carbons (Fsp3) is 0.682. The molecule has 1 aliphatic carbocycles. The lowest BCUT2D eigenvalue weighted by Crippen LogP contribution is -2.76. The molecule has 3 rings (SSSR count). The summed E-state index contributed by atoms with van der Waals surface area (Å²) in [5, 5.41) is 3.15. The first-order valence-corrected chi connectivity index (χ1v) is 10.4. The molecule has 1 heterocycles. The minimum Gasteiger partial charge on any atom is -0.496 e. The van der Waals surface area contributed by atoms with Crippen molar-refractivity contribution < 1.29 is 14.3 Å². The highest BCUT2D eigenvalue weighted by molar-refractivity contribution is 5.88. The van der Waals surface area contributed by atoms with Gasteiger partial charge in [0.15, 0.2) is 0 Å². The Hall–Kier alpha value is -1.05. The maximum Gasteiger partial charge on any atom is 0.240 e. The maximum atomic E-state index is 13.1. The third-order valence-corrected chi connectivity index (χ3v) is 6.77. The first-order chi connectivity index (χ1) is 13.3. The first kappa shape index (κ1) is 27.0. The summed E-state index contributed by atoms with van der Waals surface area (Å²) in [4.78, 5) is 15.5. The van der Waals surface area contributed by atoms with E-state index in [1.807, 2.05) is 39.0 Å². The number of rotatable bonds is 8. The molecule has 30 heavy (non-hydrogen) atoms. The molecule has 1 amide bonds. The van der Waals surface area contributed by atoms with Gasteiger partial charge >= 0.3 is 0 Å². The van der Waals surface area contributed by atoms with Crippen LogP contribution in [0.2, 0.25) is 0 Å². The second kappa shape index (κ2) is 11.0. The first-order valence-electron chi connectivity index (χ1n) is 10.4. The quantitative estimate of drug-likeness (QED) is 0.620. The third kappa shape index (κ3) is 4.89. The zero-order valence-corrected chi connectivity index (χ0v) is 20.1. The Balaban J connectivity index is 0.00000225. The number of carbonyl (C=O) groups is 1. The van der Waals surface area contributed by atoms with Gasteiger partial charge in [0.25, 0.3) is 0 Å². The summed E-state index contributed by atoms with van der Waals surface area (Å²) in [5.74, 6) is 0.768. The maximum absolute atomic E-state index is 13.1. The number of hydrogen-bond donors (Lipinski definition) is 2. The Kier molecular flexibility index (Phi) is 9.90. The van der Waals surface area contributed by atoms with Crippen LogP contribution in [0.1, 0.15) is 51.6 Å². The number of nitrogens with one attached hydrogen (secondary N) is 1. The van der Waals surface area contributed by atoms with Crippen molar-refractivity contribution in [2.24, 2.45) is 11.1 Å². The molecule has 3 unspecified atom stereocenters. The topological polar surface area (TPSA) is 76.8 Å². The molecule has 6 nitrogen and oxygen atoms in total. The van der Waals surface area contributed by atoms with Crippen molar-refractivity contribution in [3.05, 3.63) is 29.8 Å². The van der Waals surface area contributed by atoms with Crippen LogP contribution in [0.4, 0.5) is 0 Å². The molecular weight excluding hydrogens is 425 g/mol. The van der Waals surface area contributed by atoms with Gasteiger partial charge in [-0.2, -0.15) is 0 Å². The average molecular weight is 462 g/mol. The zero-order valence-electron chi connectivity index (χ0n) is 18.5. The molecule has 0 radical (unpaired) electrons. The highest BCUT2D eigenvalue weighted by atomic mass is 35.5. The molecule has 172 valence electrons. The monoisotopic (exact) mass is 461 g/mol. The number of methoxy groups -OCH3 is 1. The van der Waals surface area contributed by atoms with Crippen molar-refractivity contribution in [2.45, 2.75) is 57.7 Å². The fourth-order valence-electron chi connectivity index (χ4n) is 4.60. The van der Waals surface area contributed by atoms with E-state index in [2.05, 4.69) is 16.3 Å². The van der Waals surface area contributed by atoms with Crippen LogP contribution >= 0.6 is 24.8 Å². The predicted molar refractivity (Wildman–Crippen MR) is 125 cm³/mol. The van der Waals surface area contributed by atoms with Gasteiger partial charge in [-0.25, -0.2) is 0 Å². The van der Waals surface area contributed by atoms with Crippen LogP contribution in [0, 0.1) is 5.41 Å². The molecule has 1 saturated carbocycles. The third-order valence-electron chi connectivity index (χ3n) is 6.77. The molecule has 3 N–H and O–H groups in total. The number of ether oxygens (including phenoxy) is 2. The van der Waals surface area contributed by atoms with Crippen molar-refractivity contribution in [1.29, 1.82) is 0 Å². The van der Waals surface area contributed by atoms with Gasteiger partial charge in [-0.15, -0.1) is 24.8 Å². The molecule has 3 atom stereocenters. The molecule has 0 spiro atoms. The molecule has 2 fully saturated rings. The smallest absolute Gasteiger partial charge is 0.240 e. The van der Waals surface area contributed by atoms with E-state index in [0.717, 1.165) is 24.4 Å². The van der Waals surface area contributed by atoms with E-state index < -0.39 is 5.54 Å². The number of carbonyl (C=O) groups excluding carboxylic acids is 1. The standard InChI is InChI=1S/C22H35N3O3.2ClH/c1-5-28-19-14-22(23,21(19,2)3)20(26)24-15-17(25-12-8-9-13-25)16-10-6-7-11-18(16)27-4;;/h6-7,10-11,17,19H,5,8-9,12-15,23H2,1-4H3,(H,24,26);2*1H. The van der Waals surface area contributed by atoms with E-state index in [9.17, 15) is 4.79 Å². The number of benzene rings is 1. The van der Waals surface area contributed by atoms with Crippen LogP contribution in [0.15, 0.2) is 24.3 Å². The van der Waals surface area contributed by atoms with E-state index in [1.165, 1.54) is 12.8 Å². The van der Waals surface area contributed by atoms with E-state index in [0.29, 0.717) is 19.6 Å². The van der Waals surface area contributed by atoms with Crippen molar-refractivity contribution in [1.82, 2.24) is 10.2 Å². The predicted octanol–water partition coefficient (Wildman–Crippen LogP) is 3.32. The van der Waals surface area contributed by atoms with Gasteiger partial charge in [-0.3, -0.25) is 9.69 Å². The summed E-state index contributed by atoms with van der Waals surface area (Å²) in [7, 11) is 1.69. The molecular formula is C22H37Cl2N3O3. The average Bonchev–Trinajstić information content (AvgIpc) is 3.22. The van der Waals surface area contributed by atoms with Crippen LogP contribution in [-0.4, -0.2) is 55.8 Å². The number of nitrogens with two attached hydrogens (primary N) is 1. The van der Waals surface area contributed by atoms with Gasteiger partial charge in [-0.1, -0.05) is 32.0 Å². The van der Waals surface area contributed by atoms with Crippen molar-refractivity contribution in [3.63, 3.8) is 0 Å². The number of nitrogens with zero attached hydrogens (tertiary/aromatic N) is 1. The number of para-hydroxylation sites is 1.